The van der Waals surface area contributed by atoms with Crippen LogP contribution in [-0.4, -0.2) is 25.8 Å². The maximum Gasteiger partial charge on any atom is 0.112 e. The first-order valence-corrected chi connectivity index (χ1v) is 10.6. The summed E-state index contributed by atoms with van der Waals surface area (Å²) in [5, 5.41) is 3.51. The largest absolute Gasteiger partial charge is 0.378 e. The fraction of sp³-hybridized carbons (Fsp3) is 0.296. The molecule has 1 aliphatic heterocycles. The lowest BCUT2D eigenvalue weighted by Crippen LogP contribution is -2.44. The van der Waals surface area contributed by atoms with Gasteiger partial charge in [-0.2, -0.15) is 0 Å². The Kier molecular flexibility index (Phi) is 5.38. The molecule has 0 radical (unpaired) electrons. The van der Waals surface area contributed by atoms with Crippen LogP contribution in [0.25, 0.3) is 6.08 Å². The van der Waals surface area contributed by atoms with Crippen molar-refractivity contribution in [2.45, 2.75) is 32.2 Å². The van der Waals surface area contributed by atoms with Crippen molar-refractivity contribution in [3.05, 3.63) is 94.9 Å². The quantitative estimate of drug-likeness (QED) is 0.512. The standard InChI is InChI=1S/C27H31N3/c1-6-24-22-16-19(2)18-27(24,25-14-9-20(3)29-26(25)17-22)28-15-7-8-21-10-12-23(13-11-21)30(4)5/h6-16,22,29H,3,17-18H2,1-2,4-5H3/b8-7+,24-6?,28-15?. The summed E-state index contributed by atoms with van der Waals surface area (Å²) in [6, 6.07) is 8.55. The first-order chi connectivity index (χ1) is 14.4. The molecule has 2 aliphatic carbocycles. The molecule has 0 fully saturated rings. The van der Waals surface area contributed by atoms with Crippen molar-refractivity contribution < 1.29 is 0 Å². The third-order valence-corrected chi connectivity index (χ3v) is 6.24. The van der Waals surface area contributed by atoms with E-state index in [1.807, 2.05) is 6.21 Å². The van der Waals surface area contributed by atoms with Crippen molar-refractivity contribution in [2.24, 2.45) is 10.9 Å². The summed E-state index contributed by atoms with van der Waals surface area (Å²) in [6.07, 6.45) is 17.0. The number of nitrogens with one attached hydrogen (secondary N) is 1. The van der Waals surface area contributed by atoms with Gasteiger partial charge >= 0.3 is 0 Å². The highest BCUT2D eigenvalue weighted by Crippen LogP contribution is 2.51. The fourth-order valence-electron chi connectivity index (χ4n) is 4.93. The lowest BCUT2D eigenvalue weighted by Gasteiger charge is -2.47. The molecule has 0 saturated carbocycles. The van der Waals surface area contributed by atoms with Gasteiger partial charge in [0.15, 0.2) is 0 Å². The molecule has 3 aliphatic rings. The second kappa shape index (κ2) is 7.98. The van der Waals surface area contributed by atoms with E-state index in [2.05, 4.69) is 105 Å². The average Bonchev–Trinajstić information content (AvgIpc) is 2.71. The molecule has 1 N–H and O–H groups in total. The van der Waals surface area contributed by atoms with Crippen LogP contribution in [0.15, 0.2) is 94.3 Å². The van der Waals surface area contributed by atoms with E-state index in [9.17, 15) is 0 Å². The van der Waals surface area contributed by atoms with E-state index in [0.717, 1.165) is 18.5 Å². The third-order valence-electron chi connectivity index (χ3n) is 6.24. The highest BCUT2D eigenvalue weighted by atomic mass is 15.1. The van der Waals surface area contributed by atoms with Gasteiger partial charge in [-0.3, -0.25) is 4.99 Å². The van der Waals surface area contributed by atoms with Gasteiger partial charge in [0.05, 0.1) is 0 Å². The molecule has 2 unspecified atom stereocenters. The Morgan fingerprint density at radius 1 is 1.20 bits per heavy atom. The summed E-state index contributed by atoms with van der Waals surface area (Å²) < 4.78 is 0. The van der Waals surface area contributed by atoms with Crippen molar-refractivity contribution in [2.75, 3.05) is 19.0 Å². The van der Waals surface area contributed by atoms with Crippen molar-refractivity contribution in [3.63, 3.8) is 0 Å². The van der Waals surface area contributed by atoms with Gasteiger partial charge in [-0.1, -0.05) is 48.6 Å². The number of benzene rings is 1. The molecule has 1 heterocycles. The Balaban J connectivity index is 1.66. The van der Waals surface area contributed by atoms with Gasteiger partial charge < -0.3 is 10.2 Å². The molecule has 3 nitrogen and oxygen atoms in total. The normalized spacial score (nSPS) is 26.9. The molecule has 0 aromatic heterocycles. The van der Waals surface area contributed by atoms with E-state index in [4.69, 9.17) is 4.99 Å². The number of hydrogen-bond acceptors (Lipinski definition) is 3. The van der Waals surface area contributed by atoms with Gasteiger partial charge in [0.1, 0.15) is 5.54 Å². The van der Waals surface area contributed by atoms with E-state index in [1.165, 1.54) is 33.7 Å². The average molecular weight is 398 g/mol. The number of allylic oxidation sites excluding steroid dienone is 5. The maximum absolute atomic E-state index is 5.20. The Hall–Kier alpha value is -3.07. The highest BCUT2D eigenvalue weighted by molar-refractivity contribution is 5.80. The smallest absolute Gasteiger partial charge is 0.112 e. The van der Waals surface area contributed by atoms with Crippen LogP contribution in [0.1, 0.15) is 32.3 Å². The monoisotopic (exact) mass is 397 g/mol. The van der Waals surface area contributed by atoms with Gasteiger partial charge in [0, 0.05) is 55.3 Å². The number of dihydropyridines is 1. The molecule has 0 spiro atoms. The third kappa shape index (κ3) is 3.60. The Bertz CT molecular complexity index is 1030. The van der Waals surface area contributed by atoms with Gasteiger partial charge in [-0.25, -0.2) is 0 Å². The van der Waals surface area contributed by atoms with E-state index in [1.54, 1.807) is 0 Å². The fourth-order valence-corrected chi connectivity index (χ4v) is 4.93. The zero-order valence-corrected chi connectivity index (χ0v) is 18.4. The molecule has 30 heavy (non-hydrogen) atoms. The van der Waals surface area contributed by atoms with Crippen molar-refractivity contribution in [3.8, 4) is 0 Å². The molecule has 1 aromatic carbocycles. The molecule has 0 saturated heterocycles. The molecule has 3 heteroatoms. The van der Waals surface area contributed by atoms with Crippen LogP contribution < -0.4 is 10.2 Å². The van der Waals surface area contributed by atoms with Crippen LogP contribution in [-0.2, 0) is 0 Å². The number of anilines is 1. The Morgan fingerprint density at radius 2 is 1.97 bits per heavy atom. The van der Waals surface area contributed by atoms with Crippen LogP contribution in [0.2, 0.25) is 0 Å². The van der Waals surface area contributed by atoms with E-state index in [0.29, 0.717) is 5.92 Å². The van der Waals surface area contributed by atoms with Crippen LogP contribution >= 0.6 is 0 Å². The lowest BCUT2D eigenvalue weighted by molar-refractivity contribution is 0.453. The van der Waals surface area contributed by atoms with Crippen LogP contribution in [0.3, 0.4) is 0 Å². The minimum absolute atomic E-state index is 0.324. The molecule has 4 rings (SSSR count). The van der Waals surface area contributed by atoms with Crippen molar-refractivity contribution >= 4 is 18.0 Å². The topological polar surface area (TPSA) is 27.6 Å². The Morgan fingerprint density at radius 3 is 2.67 bits per heavy atom. The Labute approximate surface area is 180 Å². The van der Waals surface area contributed by atoms with E-state index < -0.39 is 0 Å². The number of rotatable bonds is 4. The molecule has 2 atom stereocenters. The number of nitrogens with zero attached hydrogens (tertiary/aromatic N) is 2. The molecular formula is C27H31N3. The number of fused-ring (bicyclic) bond motifs is 3. The maximum atomic E-state index is 5.20. The van der Waals surface area contributed by atoms with E-state index >= 15 is 0 Å². The van der Waals surface area contributed by atoms with Gasteiger partial charge in [0.25, 0.3) is 0 Å². The predicted octanol–water partition coefficient (Wildman–Crippen LogP) is 5.82. The van der Waals surface area contributed by atoms with Crippen LogP contribution in [0.5, 0.6) is 0 Å². The molecular weight excluding hydrogens is 366 g/mol. The zero-order chi connectivity index (χ0) is 21.3. The summed E-state index contributed by atoms with van der Waals surface area (Å²) in [7, 11) is 4.11. The highest BCUT2D eigenvalue weighted by Gasteiger charge is 2.47. The zero-order valence-electron chi connectivity index (χ0n) is 18.4. The lowest BCUT2D eigenvalue weighted by atomic mass is 9.62. The molecule has 154 valence electrons. The summed E-state index contributed by atoms with van der Waals surface area (Å²) in [6.45, 7) is 8.47. The second-order valence-electron chi connectivity index (χ2n) is 8.60. The summed E-state index contributed by atoms with van der Waals surface area (Å²) in [5.74, 6) is 0.397. The SMILES string of the molecule is C=C1C=CC2=C(CC3C=C(C)CC2(N=C/C=C/c2ccc(N(C)C)cc2)C3=CC)N1. The van der Waals surface area contributed by atoms with Gasteiger partial charge in [-0.15, -0.1) is 0 Å². The predicted molar refractivity (Wildman–Crippen MR) is 130 cm³/mol. The first kappa shape index (κ1) is 20.2. The molecule has 0 amide bonds. The second-order valence-corrected chi connectivity index (χ2v) is 8.60. The van der Waals surface area contributed by atoms with Crippen molar-refractivity contribution in [1.82, 2.24) is 5.32 Å². The van der Waals surface area contributed by atoms with E-state index in [-0.39, 0.29) is 5.54 Å². The summed E-state index contributed by atoms with van der Waals surface area (Å²) in [5.41, 5.74) is 8.38. The van der Waals surface area contributed by atoms with Crippen LogP contribution in [0, 0.1) is 5.92 Å². The van der Waals surface area contributed by atoms with Crippen LogP contribution in [0.4, 0.5) is 5.69 Å². The minimum Gasteiger partial charge on any atom is -0.378 e. The summed E-state index contributed by atoms with van der Waals surface area (Å²) in [4.78, 5) is 7.31. The van der Waals surface area contributed by atoms with Gasteiger partial charge in [-0.05, 0) is 55.7 Å². The van der Waals surface area contributed by atoms with Gasteiger partial charge in [0.2, 0.25) is 0 Å². The molecule has 1 aromatic rings. The number of hydrogen-bond donors (Lipinski definition) is 1. The van der Waals surface area contributed by atoms with Crippen molar-refractivity contribution in [1.29, 1.82) is 0 Å². The minimum atomic E-state index is -0.324. The number of aliphatic imine (C=N–C) groups is 1. The molecule has 2 bridgehead atoms. The first-order valence-electron chi connectivity index (χ1n) is 10.6. The summed E-state index contributed by atoms with van der Waals surface area (Å²) >= 11 is 0.